The van der Waals surface area contributed by atoms with E-state index in [1.54, 1.807) is 6.92 Å². The quantitative estimate of drug-likeness (QED) is 0.0987. The van der Waals surface area contributed by atoms with Crippen LogP contribution in [-0.2, 0) is 28.4 Å². The minimum Gasteiger partial charge on any atom is -0.393 e. The van der Waals surface area contributed by atoms with E-state index in [-0.39, 0.29) is 45.7 Å². The Bertz CT molecular complexity index is 1680. The van der Waals surface area contributed by atoms with Crippen molar-refractivity contribution in [2.24, 2.45) is 50.7 Å². The van der Waals surface area contributed by atoms with E-state index in [4.69, 9.17) is 28.4 Å². The number of hydrogen-bond donors (Lipinski definition) is 10. The largest absolute Gasteiger partial charge is 0.393 e. The third-order valence-corrected chi connectivity index (χ3v) is 19.6. The first-order valence-corrected chi connectivity index (χ1v) is 24.3. The molecular formula is C48H80O16. The summed E-state index contributed by atoms with van der Waals surface area (Å²) in [5.41, 5.74) is 1.49. The lowest BCUT2D eigenvalue weighted by atomic mass is 9.41. The van der Waals surface area contributed by atoms with Crippen LogP contribution < -0.4 is 0 Å². The van der Waals surface area contributed by atoms with E-state index >= 15 is 0 Å². The predicted molar refractivity (Wildman–Crippen MR) is 229 cm³/mol. The third-order valence-electron chi connectivity index (χ3n) is 19.6. The van der Waals surface area contributed by atoms with Crippen LogP contribution in [0, 0.1) is 50.7 Å². The minimum absolute atomic E-state index is 0.0165. The van der Waals surface area contributed by atoms with Crippen LogP contribution in [0.4, 0.5) is 0 Å². The lowest BCUT2D eigenvalue weighted by molar-refractivity contribution is -0.368. The van der Waals surface area contributed by atoms with Crippen LogP contribution in [-0.4, -0.2) is 169 Å². The molecule has 16 heteroatoms. The second-order valence-electron chi connectivity index (χ2n) is 22.8. The molecule has 5 aliphatic carbocycles. The van der Waals surface area contributed by atoms with Gasteiger partial charge in [-0.25, -0.2) is 0 Å². The minimum atomic E-state index is -1.76. The summed E-state index contributed by atoms with van der Waals surface area (Å²) >= 11 is 0. The van der Waals surface area contributed by atoms with Crippen LogP contribution in [0.25, 0.3) is 0 Å². The van der Waals surface area contributed by atoms with Crippen molar-refractivity contribution >= 4 is 0 Å². The zero-order valence-corrected chi connectivity index (χ0v) is 39.1. The molecule has 25 atom stereocenters. The first-order chi connectivity index (χ1) is 30.0. The summed E-state index contributed by atoms with van der Waals surface area (Å²) in [6.45, 7) is 16.5. The van der Waals surface area contributed by atoms with Crippen molar-refractivity contribution in [1.29, 1.82) is 0 Å². The lowest BCUT2D eigenvalue weighted by Crippen LogP contribution is -2.65. The molecule has 0 amide bonds. The SMILES string of the molecule is C/C(=C/C[C@H](O)[C@@H](C)[C@H]1CC[C@@]2(C)[C@@H]3CCC4C(C)(C)[C@@H](O[C@@H]5O[C@H](C)[C@H](O[C@@H]6O[C@H](CO[C@@H]7O[C@H](C)[C@@H](O)[C@H](O)[C@H]7O)[C@@H](O)[C@H](O)[C@H]6O)[C@H](O)[C@H]5O)CC[C@@]45C[C@@]35CC[C@]12C)CO. The maximum atomic E-state index is 11.5. The number of rotatable bonds is 12. The Morgan fingerprint density at radius 1 is 0.656 bits per heavy atom. The van der Waals surface area contributed by atoms with Crippen LogP contribution in [0.2, 0.25) is 0 Å². The average Bonchev–Trinajstić information content (AvgIpc) is 3.85. The number of hydrogen-bond acceptors (Lipinski definition) is 16. The monoisotopic (exact) mass is 913 g/mol. The highest BCUT2D eigenvalue weighted by molar-refractivity contribution is 5.31. The molecule has 0 aromatic rings. The van der Waals surface area contributed by atoms with E-state index < -0.39 is 105 Å². The standard InChI is InChI=1S/C48H80O16/c1-22(19-49)9-10-27(50)23(2)26-13-15-46(8)30-12-11-29-44(5,6)31(14-16-47(29)21-48(30,47)18-17-45(26,46)7)63-42-39(58)36(55)40(25(4)61-42)64-43-38(57)35(54)33(52)28(62-43)20-59-41-37(56)34(53)32(51)24(3)60-41/h9,23-43,49-58H,10-21H2,1-8H3/b22-9-/t23-,24+,25+,26+,27-,28+,29?,30-,31-,32+,33+,34-,35-,36+,37+,38+,39+,40-,41+,42-,43-,45+,46-,47+,48-/m0/s1. The Hall–Kier alpha value is -0.900. The molecular weight excluding hydrogens is 833 g/mol. The maximum absolute atomic E-state index is 11.5. The molecule has 64 heavy (non-hydrogen) atoms. The highest BCUT2D eigenvalue weighted by Crippen LogP contribution is 2.89. The molecule has 16 nitrogen and oxygen atoms in total. The van der Waals surface area contributed by atoms with Gasteiger partial charge in [0.05, 0.1) is 37.6 Å². The van der Waals surface area contributed by atoms with Gasteiger partial charge in [-0.1, -0.05) is 46.3 Å². The molecule has 8 rings (SSSR count). The van der Waals surface area contributed by atoms with E-state index in [9.17, 15) is 51.1 Å². The number of aliphatic hydroxyl groups excluding tert-OH is 10. The zero-order valence-electron chi connectivity index (χ0n) is 39.1. The molecule has 2 spiro atoms. The van der Waals surface area contributed by atoms with Crippen molar-refractivity contribution in [2.75, 3.05) is 13.2 Å². The Labute approximate surface area is 378 Å². The number of fused-ring (bicyclic) bond motifs is 2. The second-order valence-corrected chi connectivity index (χ2v) is 22.8. The molecule has 0 aromatic heterocycles. The normalized spacial score (nSPS) is 54.5. The van der Waals surface area contributed by atoms with Crippen LogP contribution in [0.1, 0.15) is 120 Å². The van der Waals surface area contributed by atoms with Crippen molar-refractivity contribution in [2.45, 2.75) is 224 Å². The summed E-state index contributed by atoms with van der Waals surface area (Å²) in [6, 6.07) is 0. The molecule has 368 valence electrons. The van der Waals surface area contributed by atoms with Crippen LogP contribution in [0.3, 0.4) is 0 Å². The molecule has 5 saturated carbocycles. The van der Waals surface area contributed by atoms with E-state index in [1.807, 2.05) is 13.0 Å². The van der Waals surface area contributed by atoms with Crippen LogP contribution in [0.5, 0.6) is 0 Å². The fourth-order valence-corrected chi connectivity index (χ4v) is 15.5. The van der Waals surface area contributed by atoms with Gasteiger partial charge in [0, 0.05) is 0 Å². The van der Waals surface area contributed by atoms with Crippen molar-refractivity contribution in [1.82, 2.24) is 0 Å². The van der Waals surface area contributed by atoms with Crippen molar-refractivity contribution in [3.8, 4) is 0 Å². The predicted octanol–water partition coefficient (Wildman–Crippen LogP) is 1.64. The summed E-state index contributed by atoms with van der Waals surface area (Å²) in [4.78, 5) is 0. The summed E-state index contributed by atoms with van der Waals surface area (Å²) in [5.74, 6) is 1.65. The molecule has 8 fully saturated rings. The topological polar surface area (TPSA) is 258 Å². The van der Waals surface area contributed by atoms with Crippen molar-refractivity contribution in [3.63, 3.8) is 0 Å². The van der Waals surface area contributed by atoms with Gasteiger partial charge in [-0.2, -0.15) is 0 Å². The van der Waals surface area contributed by atoms with E-state index in [0.717, 1.165) is 44.1 Å². The molecule has 0 aromatic carbocycles. The Morgan fingerprint density at radius 3 is 1.97 bits per heavy atom. The second kappa shape index (κ2) is 17.8. The summed E-state index contributed by atoms with van der Waals surface area (Å²) in [7, 11) is 0. The van der Waals surface area contributed by atoms with Gasteiger partial charge in [-0.05, 0) is 136 Å². The Balaban J connectivity index is 0.890. The van der Waals surface area contributed by atoms with Crippen molar-refractivity contribution in [3.05, 3.63) is 11.6 Å². The number of aliphatic hydroxyl groups is 10. The number of ether oxygens (including phenoxy) is 6. The molecule has 3 aliphatic heterocycles. The smallest absolute Gasteiger partial charge is 0.187 e. The summed E-state index contributed by atoms with van der Waals surface area (Å²) in [5, 5.41) is 107. The van der Waals surface area contributed by atoms with Gasteiger partial charge in [-0.3, -0.25) is 0 Å². The maximum Gasteiger partial charge on any atom is 0.187 e. The molecule has 3 saturated heterocycles. The van der Waals surface area contributed by atoms with E-state index in [0.29, 0.717) is 24.2 Å². The van der Waals surface area contributed by atoms with Gasteiger partial charge in [0.25, 0.3) is 0 Å². The van der Waals surface area contributed by atoms with E-state index in [1.165, 1.54) is 26.2 Å². The first kappa shape index (κ1) is 49.5. The fraction of sp³-hybridized carbons (Fsp3) is 0.958. The Morgan fingerprint density at radius 2 is 1.27 bits per heavy atom. The fourth-order valence-electron chi connectivity index (χ4n) is 15.5. The van der Waals surface area contributed by atoms with Gasteiger partial charge in [0.15, 0.2) is 18.9 Å². The highest BCUT2D eigenvalue weighted by Gasteiger charge is 2.82. The van der Waals surface area contributed by atoms with Gasteiger partial charge >= 0.3 is 0 Å². The van der Waals surface area contributed by atoms with Crippen LogP contribution in [0.15, 0.2) is 11.6 Å². The van der Waals surface area contributed by atoms with Gasteiger partial charge in [-0.15, -0.1) is 0 Å². The summed E-state index contributed by atoms with van der Waals surface area (Å²) in [6.07, 6.45) is -9.37. The van der Waals surface area contributed by atoms with Gasteiger partial charge in [0.2, 0.25) is 0 Å². The van der Waals surface area contributed by atoms with Crippen LogP contribution >= 0.6 is 0 Å². The summed E-state index contributed by atoms with van der Waals surface area (Å²) < 4.78 is 35.8. The molecule has 0 bridgehead atoms. The molecule has 3 heterocycles. The molecule has 8 aliphatic rings. The van der Waals surface area contributed by atoms with Crippen molar-refractivity contribution < 1.29 is 79.5 Å². The third kappa shape index (κ3) is 7.72. The first-order valence-electron chi connectivity index (χ1n) is 24.3. The van der Waals surface area contributed by atoms with E-state index in [2.05, 4.69) is 34.6 Å². The van der Waals surface area contributed by atoms with Gasteiger partial charge < -0.3 is 79.5 Å². The highest BCUT2D eigenvalue weighted by atomic mass is 16.8. The molecule has 1 unspecified atom stereocenters. The Kier molecular flexibility index (Phi) is 13.8. The lowest BCUT2D eigenvalue weighted by Gasteiger charge is -2.63. The zero-order chi connectivity index (χ0) is 46.6. The molecule has 0 radical (unpaired) electrons. The average molecular weight is 913 g/mol. The molecule has 10 N–H and O–H groups in total. The van der Waals surface area contributed by atoms with Gasteiger partial charge in [0.1, 0.15) is 61.0 Å².